The molecule has 1 aliphatic heterocycles. The van der Waals surface area contributed by atoms with Crippen molar-refractivity contribution in [3.8, 4) is 23.0 Å². The number of carbonyl (C=O) groups is 2. The summed E-state index contributed by atoms with van der Waals surface area (Å²) in [5.74, 6) is 1.79. The molecule has 8 heteroatoms. The highest BCUT2D eigenvalue weighted by atomic mass is 16.5. The van der Waals surface area contributed by atoms with Crippen LogP contribution in [0, 0.1) is 0 Å². The number of hydrogen-bond donors (Lipinski definition) is 1. The fourth-order valence-corrected chi connectivity index (χ4v) is 3.63. The molecule has 0 aliphatic carbocycles. The van der Waals surface area contributed by atoms with E-state index in [0.717, 1.165) is 5.75 Å². The lowest BCUT2D eigenvalue weighted by molar-refractivity contribution is -0.125. The number of benzene rings is 3. The van der Waals surface area contributed by atoms with Gasteiger partial charge in [0.05, 0.1) is 26.5 Å². The maximum atomic E-state index is 12.9. The fourth-order valence-electron chi connectivity index (χ4n) is 3.63. The summed E-state index contributed by atoms with van der Waals surface area (Å²) in [6.45, 7) is 2.35. The van der Waals surface area contributed by atoms with Crippen LogP contribution >= 0.6 is 0 Å². The highest BCUT2D eigenvalue weighted by Crippen LogP contribution is 2.36. The zero-order valence-corrected chi connectivity index (χ0v) is 19.2. The second-order valence-corrected chi connectivity index (χ2v) is 7.65. The van der Waals surface area contributed by atoms with E-state index in [1.165, 1.54) is 14.2 Å². The largest absolute Gasteiger partial charge is 0.497 e. The minimum Gasteiger partial charge on any atom is -0.497 e. The van der Waals surface area contributed by atoms with Crippen molar-refractivity contribution < 1.29 is 28.5 Å². The summed E-state index contributed by atoms with van der Waals surface area (Å²) in [6, 6.07) is 19.5. The molecular formula is C26H26N2O6. The summed E-state index contributed by atoms with van der Waals surface area (Å²) in [7, 11) is 3.04. The molecule has 0 bridgehead atoms. The van der Waals surface area contributed by atoms with Crippen LogP contribution in [0.15, 0.2) is 66.7 Å². The topological polar surface area (TPSA) is 86.3 Å². The van der Waals surface area contributed by atoms with Crippen LogP contribution in [0.3, 0.4) is 0 Å². The van der Waals surface area contributed by atoms with Gasteiger partial charge in [0, 0.05) is 17.3 Å². The molecule has 8 nitrogen and oxygen atoms in total. The minimum atomic E-state index is -0.617. The molecule has 1 heterocycles. The number of para-hydroxylation sites is 1. The Balaban J connectivity index is 1.53. The number of methoxy groups -OCH3 is 2. The molecule has 0 spiro atoms. The van der Waals surface area contributed by atoms with E-state index in [4.69, 9.17) is 18.9 Å². The van der Waals surface area contributed by atoms with E-state index in [0.29, 0.717) is 47.3 Å². The number of nitrogens with zero attached hydrogens (tertiary/aromatic N) is 1. The summed E-state index contributed by atoms with van der Waals surface area (Å²) in [4.78, 5) is 27.4. The average Bonchev–Trinajstić information content (AvgIpc) is 2.86. The first-order chi connectivity index (χ1) is 16.5. The van der Waals surface area contributed by atoms with Gasteiger partial charge in [-0.1, -0.05) is 18.2 Å². The lowest BCUT2D eigenvalue weighted by Crippen LogP contribution is -2.46. The van der Waals surface area contributed by atoms with E-state index in [9.17, 15) is 9.59 Å². The zero-order chi connectivity index (χ0) is 24.1. The smallest absolute Gasteiger partial charge is 0.267 e. The van der Waals surface area contributed by atoms with Crippen molar-refractivity contribution >= 4 is 23.2 Å². The molecule has 0 radical (unpaired) electrons. The molecule has 4 rings (SSSR count). The van der Waals surface area contributed by atoms with E-state index >= 15 is 0 Å². The predicted molar refractivity (Wildman–Crippen MR) is 128 cm³/mol. The van der Waals surface area contributed by atoms with Gasteiger partial charge in [-0.3, -0.25) is 9.59 Å². The molecule has 2 amide bonds. The number of ether oxygens (including phenoxy) is 4. The van der Waals surface area contributed by atoms with Crippen molar-refractivity contribution in [1.29, 1.82) is 0 Å². The lowest BCUT2D eigenvalue weighted by Gasteiger charge is -2.33. The normalized spacial score (nSPS) is 14.6. The molecule has 1 atom stereocenters. The first-order valence-electron chi connectivity index (χ1n) is 10.8. The number of rotatable bonds is 8. The second-order valence-electron chi connectivity index (χ2n) is 7.65. The van der Waals surface area contributed by atoms with Gasteiger partial charge in [0.25, 0.3) is 11.8 Å². The summed E-state index contributed by atoms with van der Waals surface area (Å²) in [5, 5.41) is 2.86. The molecule has 1 unspecified atom stereocenters. The van der Waals surface area contributed by atoms with Crippen LogP contribution in [0.5, 0.6) is 23.0 Å². The maximum absolute atomic E-state index is 12.9. The zero-order valence-electron chi connectivity index (χ0n) is 19.2. The van der Waals surface area contributed by atoms with E-state index in [2.05, 4.69) is 5.32 Å². The highest BCUT2D eigenvalue weighted by Gasteiger charge is 2.31. The Hall–Kier alpha value is -4.20. The van der Waals surface area contributed by atoms with Gasteiger partial charge >= 0.3 is 0 Å². The van der Waals surface area contributed by atoms with Gasteiger partial charge in [0.2, 0.25) is 0 Å². The van der Waals surface area contributed by atoms with Crippen LogP contribution in [0.2, 0.25) is 0 Å². The average molecular weight is 463 g/mol. The van der Waals surface area contributed by atoms with Gasteiger partial charge in [-0.25, -0.2) is 0 Å². The lowest BCUT2D eigenvalue weighted by atomic mass is 10.1. The molecule has 176 valence electrons. The summed E-state index contributed by atoms with van der Waals surface area (Å²) >= 11 is 0. The molecule has 0 fully saturated rings. The molecule has 0 aromatic heterocycles. The monoisotopic (exact) mass is 462 g/mol. The molecule has 3 aromatic rings. The van der Waals surface area contributed by atoms with Crippen LogP contribution in [-0.2, 0) is 4.79 Å². The Labute approximate surface area is 198 Å². The molecule has 0 saturated heterocycles. The summed E-state index contributed by atoms with van der Waals surface area (Å²) < 4.78 is 22.0. The van der Waals surface area contributed by atoms with Gasteiger partial charge in [-0.2, -0.15) is 0 Å². The Morgan fingerprint density at radius 3 is 2.35 bits per heavy atom. The number of amides is 2. The molecule has 1 aliphatic rings. The van der Waals surface area contributed by atoms with Crippen LogP contribution in [0.25, 0.3) is 0 Å². The minimum absolute atomic E-state index is 0.176. The third kappa shape index (κ3) is 5.06. The van der Waals surface area contributed by atoms with Gasteiger partial charge in [0.15, 0.2) is 6.10 Å². The Bertz CT molecular complexity index is 1160. The van der Waals surface area contributed by atoms with Crippen molar-refractivity contribution in [1.82, 2.24) is 0 Å². The van der Waals surface area contributed by atoms with Gasteiger partial charge in [-0.15, -0.1) is 0 Å². The Morgan fingerprint density at radius 2 is 1.68 bits per heavy atom. The Kier molecular flexibility index (Phi) is 6.87. The standard InChI is InChI=1S/C26H26N2O6/c1-17-26(30)28(11-12-33-20-7-5-4-6-8-20)23-15-19(9-10-24(23)34-17)27-25(29)18-13-21(31-2)16-22(14-18)32-3/h4-10,13-17H,11-12H2,1-3H3,(H,27,29). The number of nitrogens with one attached hydrogen (secondary N) is 1. The Morgan fingerprint density at radius 1 is 0.971 bits per heavy atom. The van der Waals surface area contributed by atoms with E-state index < -0.39 is 6.10 Å². The number of carbonyl (C=O) groups excluding carboxylic acids is 2. The summed E-state index contributed by atoms with van der Waals surface area (Å²) in [5.41, 5.74) is 1.47. The molecule has 0 saturated carbocycles. The quantitative estimate of drug-likeness (QED) is 0.541. The molecule has 34 heavy (non-hydrogen) atoms. The number of hydrogen-bond acceptors (Lipinski definition) is 6. The SMILES string of the molecule is COc1cc(OC)cc(C(=O)Nc2ccc3c(c2)N(CCOc2ccccc2)C(=O)C(C)O3)c1. The van der Waals surface area contributed by atoms with Crippen LogP contribution in [-0.4, -0.2) is 45.3 Å². The number of fused-ring (bicyclic) bond motifs is 1. The van der Waals surface area contributed by atoms with Crippen molar-refractivity contribution in [2.75, 3.05) is 37.6 Å². The fraction of sp³-hybridized carbons (Fsp3) is 0.231. The van der Waals surface area contributed by atoms with Gasteiger partial charge < -0.3 is 29.2 Å². The second kappa shape index (κ2) is 10.2. The molecular weight excluding hydrogens is 436 g/mol. The first kappa shape index (κ1) is 23.0. The van der Waals surface area contributed by atoms with Crippen molar-refractivity contribution in [3.63, 3.8) is 0 Å². The van der Waals surface area contributed by atoms with E-state index in [-0.39, 0.29) is 11.8 Å². The summed E-state index contributed by atoms with van der Waals surface area (Å²) in [6.07, 6.45) is -0.617. The molecule has 3 aromatic carbocycles. The maximum Gasteiger partial charge on any atom is 0.267 e. The van der Waals surface area contributed by atoms with Crippen LogP contribution in [0.4, 0.5) is 11.4 Å². The number of anilines is 2. The van der Waals surface area contributed by atoms with Crippen molar-refractivity contribution in [2.45, 2.75) is 13.0 Å². The van der Waals surface area contributed by atoms with Crippen molar-refractivity contribution in [2.24, 2.45) is 0 Å². The van der Waals surface area contributed by atoms with E-state index in [1.54, 1.807) is 48.2 Å². The predicted octanol–water partition coefficient (Wildman–Crippen LogP) is 4.15. The van der Waals surface area contributed by atoms with Gasteiger partial charge in [-0.05, 0) is 49.4 Å². The first-order valence-corrected chi connectivity index (χ1v) is 10.8. The van der Waals surface area contributed by atoms with Crippen LogP contribution in [0.1, 0.15) is 17.3 Å². The third-order valence-corrected chi connectivity index (χ3v) is 5.37. The van der Waals surface area contributed by atoms with Crippen LogP contribution < -0.4 is 29.2 Å². The third-order valence-electron chi connectivity index (χ3n) is 5.37. The van der Waals surface area contributed by atoms with Gasteiger partial charge in [0.1, 0.15) is 29.6 Å². The highest BCUT2D eigenvalue weighted by molar-refractivity contribution is 6.06. The van der Waals surface area contributed by atoms with E-state index in [1.807, 2.05) is 30.3 Å². The van der Waals surface area contributed by atoms with Crippen molar-refractivity contribution in [3.05, 3.63) is 72.3 Å². The molecule has 1 N–H and O–H groups in total.